The van der Waals surface area contributed by atoms with Gasteiger partial charge in [-0.1, -0.05) is 60.7 Å². The summed E-state index contributed by atoms with van der Waals surface area (Å²) in [6, 6.07) is 18.2. The smallest absolute Gasteiger partial charge is 0.177 e. The van der Waals surface area contributed by atoms with E-state index in [1.807, 2.05) is 36.4 Å². The Labute approximate surface area is 129 Å². The summed E-state index contributed by atoms with van der Waals surface area (Å²) >= 11 is 0. The Bertz CT molecular complexity index is 756. The van der Waals surface area contributed by atoms with Crippen LogP contribution in [-0.4, -0.2) is 14.7 Å². The van der Waals surface area contributed by atoms with Gasteiger partial charge in [-0.05, 0) is 0 Å². The molecule has 1 aromatic heterocycles. The van der Waals surface area contributed by atoms with E-state index >= 15 is 0 Å². The summed E-state index contributed by atoms with van der Waals surface area (Å²) < 4.78 is 15.6. The molecule has 4 nitrogen and oxygen atoms in total. The van der Waals surface area contributed by atoms with E-state index in [1.54, 1.807) is 48.3 Å². The average molecular weight is 312 g/mol. The third-order valence-electron chi connectivity index (χ3n) is 3.71. The minimum absolute atomic E-state index is 0.399. The van der Waals surface area contributed by atoms with Crippen molar-refractivity contribution in [3.8, 4) is 0 Å². The highest BCUT2D eigenvalue weighted by atomic mass is 31.2. The van der Waals surface area contributed by atoms with Crippen LogP contribution >= 0.6 is 7.14 Å². The first kappa shape index (κ1) is 14.8. The molecule has 0 saturated carbocycles. The molecule has 5 heteroatoms. The van der Waals surface area contributed by atoms with E-state index in [-0.39, 0.29) is 0 Å². The molecule has 1 atom stereocenters. The van der Waals surface area contributed by atoms with Crippen molar-refractivity contribution in [3.05, 3.63) is 78.9 Å². The summed E-state index contributed by atoms with van der Waals surface area (Å²) in [5.41, 5.74) is 0. The highest BCUT2D eigenvalue weighted by molar-refractivity contribution is 7.78. The molecule has 3 aromatic rings. The fourth-order valence-corrected chi connectivity index (χ4v) is 5.19. The number of aromatic nitrogens is 2. The average Bonchev–Trinajstić information content (AvgIpc) is 3.01. The number of nitrogens with zero attached hydrogens (tertiary/aromatic N) is 2. The lowest BCUT2D eigenvalue weighted by Crippen LogP contribution is -2.22. The third-order valence-corrected chi connectivity index (χ3v) is 6.76. The monoisotopic (exact) mass is 312 g/mol. The van der Waals surface area contributed by atoms with Crippen molar-refractivity contribution in [2.45, 2.75) is 5.85 Å². The number of aliphatic hydroxyl groups is 1. The summed E-state index contributed by atoms with van der Waals surface area (Å²) in [4.78, 5) is 4.17. The molecule has 0 aliphatic rings. The number of imidazole rings is 1. The Morgan fingerprint density at radius 2 is 1.50 bits per heavy atom. The fraction of sp³-hybridized carbons (Fsp3) is 0.118. The van der Waals surface area contributed by atoms with Gasteiger partial charge in [0.15, 0.2) is 13.0 Å². The maximum atomic E-state index is 13.9. The van der Waals surface area contributed by atoms with Gasteiger partial charge in [0, 0.05) is 30.1 Å². The van der Waals surface area contributed by atoms with Crippen LogP contribution < -0.4 is 10.6 Å². The van der Waals surface area contributed by atoms with Crippen LogP contribution in [-0.2, 0) is 11.6 Å². The Balaban J connectivity index is 2.21. The van der Waals surface area contributed by atoms with Gasteiger partial charge < -0.3 is 14.2 Å². The zero-order valence-electron chi connectivity index (χ0n) is 12.2. The van der Waals surface area contributed by atoms with E-state index in [0.29, 0.717) is 16.4 Å². The molecule has 0 aliphatic heterocycles. The minimum Gasteiger partial charge on any atom is -0.377 e. The van der Waals surface area contributed by atoms with Crippen LogP contribution in [0.1, 0.15) is 11.7 Å². The van der Waals surface area contributed by atoms with E-state index in [2.05, 4.69) is 4.98 Å². The van der Waals surface area contributed by atoms with E-state index in [0.717, 1.165) is 0 Å². The van der Waals surface area contributed by atoms with Gasteiger partial charge in [0.25, 0.3) is 0 Å². The van der Waals surface area contributed by atoms with E-state index in [9.17, 15) is 9.67 Å². The van der Waals surface area contributed by atoms with Gasteiger partial charge in [0.2, 0.25) is 0 Å². The van der Waals surface area contributed by atoms with Gasteiger partial charge >= 0.3 is 0 Å². The van der Waals surface area contributed by atoms with Crippen molar-refractivity contribution in [2.24, 2.45) is 7.05 Å². The molecule has 1 heterocycles. The molecule has 22 heavy (non-hydrogen) atoms. The van der Waals surface area contributed by atoms with Crippen molar-refractivity contribution < 1.29 is 9.67 Å². The Morgan fingerprint density at radius 3 is 1.91 bits per heavy atom. The van der Waals surface area contributed by atoms with Crippen LogP contribution in [0.5, 0.6) is 0 Å². The highest BCUT2D eigenvalue weighted by Gasteiger charge is 2.38. The van der Waals surface area contributed by atoms with E-state index in [1.165, 1.54) is 0 Å². The van der Waals surface area contributed by atoms with Crippen LogP contribution in [0.25, 0.3) is 0 Å². The lowest BCUT2D eigenvalue weighted by atomic mass is 10.4. The van der Waals surface area contributed by atoms with Crippen molar-refractivity contribution in [2.75, 3.05) is 0 Å². The molecule has 0 amide bonds. The zero-order valence-corrected chi connectivity index (χ0v) is 13.1. The second-order valence-corrected chi connectivity index (χ2v) is 7.94. The van der Waals surface area contributed by atoms with Gasteiger partial charge in [0.05, 0.1) is 0 Å². The molecule has 1 N–H and O–H groups in total. The fourth-order valence-electron chi connectivity index (χ4n) is 2.52. The van der Waals surface area contributed by atoms with Crippen LogP contribution in [0.3, 0.4) is 0 Å². The maximum Gasteiger partial charge on any atom is 0.177 e. The minimum atomic E-state index is -3.26. The largest absolute Gasteiger partial charge is 0.377 e. The standard InChI is InChI=1S/C17H17N2O2P/c1-19-13-12-18-16(19)17(20)22(21,14-8-4-2-5-9-14)15-10-6-3-7-11-15/h2-13,17,20H,1H3. The van der Waals surface area contributed by atoms with Crippen molar-refractivity contribution in [1.82, 2.24) is 9.55 Å². The van der Waals surface area contributed by atoms with Crippen LogP contribution in [0.4, 0.5) is 0 Å². The van der Waals surface area contributed by atoms with E-state index < -0.39 is 13.0 Å². The molecule has 1 unspecified atom stereocenters. The van der Waals surface area contributed by atoms with Crippen LogP contribution in [0.2, 0.25) is 0 Å². The lowest BCUT2D eigenvalue weighted by molar-refractivity contribution is 0.243. The SMILES string of the molecule is Cn1ccnc1C(O)P(=O)(c1ccccc1)c1ccccc1. The number of hydrogen-bond donors (Lipinski definition) is 1. The zero-order chi connectivity index (χ0) is 15.6. The van der Waals surface area contributed by atoms with Gasteiger partial charge in [-0.25, -0.2) is 4.98 Å². The van der Waals surface area contributed by atoms with Crippen LogP contribution in [0, 0.1) is 0 Å². The predicted octanol–water partition coefficient (Wildman–Crippen LogP) is 2.43. The molecule has 0 aliphatic carbocycles. The normalized spacial score (nSPS) is 13.0. The quantitative estimate of drug-likeness (QED) is 0.753. The second kappa shape index (κ2) is 5.91. The maximum absolute atomic E-state index is 13.9. The van der Waals surface area contributed by atoms with Crippen molar-refractivity contribution in [1.29, 1.82) is 0 Å². The first-order valence-electron chi connectivity index (χ1n) is 7.00. The molecule has 0 saturated heterocycles. The summed E-state index contributed by atoms with van der Waals surface area (Å²) in [7, 11) is -1.47. The van der Waals surface area contributed by atoms with Gasteiger partial charge in [-0.2, -0.15) is 0 Å². The summed E-state index contributed by atoms with van der Waals surface area (Å²) in [5.74, 6) is -0.784. The molecule has 0 bridgehead atoms. The van der Waals surface area contributed by atoms with Crippen LogP contribution in [0.15, 0.2) is 73.1 Å². The number of benzene rings is 2. The molecular weight excluding hydrogens is 295 g/mol. The third kappa shape index (κ3) is 2.41. The van der Waals surface area contributed by atoms with E-state index in [4.69, 9.17) is 0 Å². The molecule has 112 valence electrons. The molecule has 0 fully saturated rings. The highest BCUT2D eigenvalue weighted by Crippen LogP contribution is 2.55. The number of hydrogen-bond acceptors (Lipinski definition) is 3. The molecule has 2 aromatic carbocycles. The van der Waals surface area contributed by atoms with Gasteiger partial charge in [-0.15, -0.1) is 0 Å². The Hall–Kier alpha value is -2.16. The summed E-state index contributed by atoms with van der Waals surface area (Å²) in [6.45, 7) is 0. The summed E-state index contributed by atoms with van der Waals surface area (Å²) in [5, 5.41) is 12.1. The van der Waals surface area contributed by atoms with Gasteiger partial charge in [0.1, 0.15) is 5.82 Å². The second-order valence-electron chi connectivity index (χ2n) is 5.10. The first-order chi connectivity index (χ1) is 10.6. The Morgan fingerprint density at radius 1 is 1.00 bits per heavy atom. The summed E-state index contributed by atoms with van der Waals surface area (Å²) in [6.07, 6.45) is 3.33. The molecule has 3 rings (SSSR count). The predicted molar refractivity (Wildman–Crippen MR) is 87.9 cm³/mol. The Kier molecular flexibility index (Phi) is 3.97. The van der Waals surface area contributed by atoms with Gasteiger partial charge in [-0.3, -0.25) is 0 Å². The lowest BCUT2D eigenvalue weighted by Gasteiger charge is -2.24. The van der Waals surface area contributed by atoms with Crippen molar-refractivity contribution in [3.63, 3.8) is 0 Å². The number of rotatable bonds is 4. The molecular formula is C17H17N2O2P. The van der Waals surface area contributed by atoms with Crippen molar-refractivity contribution >= 4 is 17.8 Å². The number of aliphatic hydroxyl groups excluding tert-OH is 1. The molecule has 0 radical (unpaired) electrons. The number of aryl methyl sites for hydroxylation is 1. The topological polar surface area (TPSA) is 55.1 Å². The molecule has 0 spiro atoms. The first-order valence-corrected chi connectivity index (χ1v) is 8.78.